The number of aromatic nitrogens is 1. The van der Waals surface area contributed by atoms with Gasteiger partial charge >= 0.3 is 0 Å². The first-order valence-corrected chi connectivity index (χ1v) is 6.17. The lowest BCUT2D eigenvalue weighted by Gasteiger charge is -2.34. The first kappa shape index (κ1) is 11.9. The zero-order valence-corrected chi connectivity index (χ0v) is 10.3. The van der Waals surface area contributed by atoms with Crippen molar-refractivity contribution in [3.05, 3.63) is 24.5 Å². The van der Waals surface area contributed by atoms with E-state index in [1.165, 1.54) is 5.69 Å². The number of piperidine rings is 1. The highest BCUT2D eigenvalue weighted by Gasteiger charge is 2.19. The molecule has 1 aromatic heterocycles. The van der Waals surface area contributed by atoms with Crippen molar-refractivity contribution in [3.63, 3.8) is 0 Å². The van der Waals surface area contributed by atoms with Gasteiger partial charge in [0.1, 0.15) is 0 Å². The topological polar surface area (TPSA) is 28.2 Å². The lowest BCUT2D eigenvalue weighted by atomic mass is 10.0. The Morgan fingerprint density at radius 3 is 2.65 bits per heavy atom. The molecule has 1 unspecified atom stereocenters. The summed E-state index contributed by atoms with van der Waals surface area (Å²) < 4.78 is 0. The van der Waals surface area contributed by atoms with Crippen molar-refractivity contribution in [1.82, 2.24) is 10.3 Å². The van der Waals surface area contributed by atoms with E-state index in [1.807, 2.05) is 19.3 Å². The molecular weight excluding hydrogens is 210 g/mol. The zero-order valence-electron chi connectivity index (χ0n) is 10.3. The van der Waals surface area contributed by atoms with Crippen molar-refractivity contribution in [2.45, 2.75) is 31.8 Å². The summed E-state index contributed by atoms with van der Waals surface area (Å²) in [6.45, 7) is 4.20. The van der Waals surface area contributed by atoms with Gasteiger partial charge in [0.2, 0.25) is 0 Å². The third-order valence-corrected chi connectivity index (χ3v) is 3.26. The molecule has 1 fully saturated rings. The summed E-state index contributed by atoms with van der Waals surface area (Å²) in [5, 5.41) is 3.47. The third-order valence-electron chi connectivity index (χ3n) is 3.26. The van der Waals surface area contributed by atoms with E-state index in [1.54, 1.807) is 0 Å². The molecule has 1 aliphatic heterocycles. The number of hydrogen-bond donors (Lipinski definition) is 1. The van der Waals surface area contributed by atoms with E-state index in [9.17, 15) is 0 Å². The van der Waals surface area contributed by atoms with E-state index in [-0.39, 0.29) is 6.04 Å². The Bertz CT molecular complexity index is 374. The highest BCUT2D eigenvalue weighted by molar-refractivity contribution is 5.44. The van der Waals surface area contributed by atoms with Crippen molar-refractivity contribution < 1.29 is 0 Å². The van der Waals surface area contributed by atoms with Gasteiger partial charge in [-0.2, -0.15) is 0 Å². The van der Waals surface area contributed by atoms with Gasteiger partial charge < -0.3 is 10.2 Å². The van der Waals surface area contributed by atoms with Gasteiger partial charge in [0.15, 0.2) is 0 Å². The van der Waals surface area contributed by atoms with Crippen molar-refractivity contribution in [3.8, 4) is 12.3 Å². The molecule has 0 aliphatic carbocycles. The van der Waals surface area contributed by atoms with E-state index < -0.39 is 0 Å². The van der Waals surface area contributed by atoms with Gasteiger partial charge in [-0.25, -0.2) is 0 Å². The van der Waals surface area contributed by atoms with Crippen LogP contribution >= 0.6 is 0 Å². The molecule has 0 aromatic carbocycles. The molecule has 2 heterocycles. The minimum Gasteiger partial charge on any atom is -0.371 e. The molecule has 1 N–H and O–H groups in total. The van der Waals surface area contributed by atoms with Crippen LogP contribution in [0.15, 0.2) is 24.5 Å². The maximum atomic E-state index is 5.38. The number of rotatable bonds is 3. The zero-order chi connectivity index (χ0) is 12.1. The molecule has 0 saturated carbocycles. The highest BCUT2D eigenvalue weighted by atomic mass is 15.1. The monoisotopic (exact) mass is 229 g/mol. The summed E-state index contributed by atoms with van der Waals surface area (Å²) in [6.07, 6.45) is 11.4. The van der Waals surface area contributed by atoms with Gasteiger partial charge in [0, 0.05) is 37.2 Å². The fraction of sp³-hybridized carbons (Fsp3) is 0.500. The molecule has 1 aromatic rings. The van der Waals surface area contributed by atoms with Gasteiger partial charge in [-0.15, -0.1) is 6.42 Å². The Kier molecular flexibility index (Phi) is 4.00. The average Bonchev–Trinajstić information content (AvgIpc) is 2.40. The number of hydrogen-bond acceptors (Lipinski definition) is 3. The molecule has 1 aliphatic rings. The Morgan fingerprint density at radius 2 is 2.06 bits per heavy atom. The predicted molar refractivity (Wildman–Crippen MR) is 70.9 cm³/mol. The van der Waals surface area contributed by atoms with Gasteiger partial charge in [-0.1, -0.05) is 5.92 Å². The summed E-state index contributed by atoms with van der Waals surface area (Å²) in [5.74, 6) is 2.72. The van der Waals surface area contributed by atoms with E-state index in [0.717, 1.165) is 25.9 Å². The van der Waals surface area contributed by atoms with Crippen molar-refractivity contribution in [2.75, 3.05) is 18.0 Å². The lowest BCUT2D eigenvalue weighted by Crippen LogP contribution is -2.45. The van der Waals surface area contributed by atoms with Crippen molar-refractivity contribution in [2.24, 2.45) is 0 Å². The Labute approximate surface area is 103 Å². The molecule has 1 atom stereocenters. The smallest absolute Gasteiger partial charge is 0.0660 e. The molecule has 0 amide bonds. The Balaban J connectivity index is 1.85. The fourth-order valence-electron chi connectivity index (χ4n) is 2.26. The van der Waals surface area contributed by atoms with Crippen LogP contribution in [-0.2, 0) is 0 Å². The molecule has 3 nitrogen and oxygen atoms in total. The standard InChI is InChI=1S/C14H19N3/c1-3-12(2)16-13-6-10-17(11-7-13)14-4-8-15-9-5-14/h1,4-5,8-9,12-13,16H,6-7,10-11H2,2H3. The second kappa shape index (κ2) is 5.70. The molecule has 0 bridgehead atoms. The Morgan fingerprint density at radius 1 is 1.41 bits per heavy atom. The molecule has 0 radical (unpaired) electrons. The minimum absolute atomic E-state index is 0.174. The molecule has 0 spiro atoms. The summed E-state index contributed by atoms with van der Waals surface area (Å²) in [5.41, 5.74) is 1.27. The van der Waals surface area contributed by atoms with E-state index >= 15 is 0 Å². The molecule has 1 saturated heterocycles. The van der Waals surface area contributed by atoms with Crippen molar-refractivity contribution >= 4 is 5.69 Å². The number of terminal acetylenes is 1. The maximum absolute atomic E-state index is 5.38. The largest absolute Gasteiger partial charge is 0.371 e. The SMILES string of the molecule is C#CC(C)NC1CCN(c2ccncc2)CC1. The fourth-order valence-corrected chi connectivity index (χ4v) is 2.26. The summed E-state index contributed by atoms with van der Waals surface area (Å²) in [7, 11) is 0. The second-order valence-electron chi connectivity index (χ2n) is 4.52. The maximum Gasteiger partial charge on any atom is 0.0660 e. The second-order valence-corrected chi connectivity index (χ2v) is 4.52. The minimum atomic E-state index is 0.174. The van der Waals surface area contributed by atoms with Crippen LogP contribution in [0.3, 0.4) is 0 Å². The van der Waals surface area contributed by atoms with Crippen LogP contribution < -0.4 is 10.2 Å². The van der Waals surface area contributed by atoms with Crippen LogP contribution in [0.4, 0.5) is 5.69 Å². The van der Waals surface area contributed by atoms with Crippen LogP contribution in [-0.4, -0.2) is 30.2 Å². The first-order valence-electron chi connectivity index (χ1n) is 6.17. The van der Waals surface area contributed by atoms with Crippen LogP contribution in [0.25, 0.3) is 0 Å². The lowest BCUT2D eigenvalue weighted by molar-refractivity contribution is 0.403. The van der Waals surface area contributed by atoms with Crippen LogP contribution in [0.1, 0.15) is 19.8 Å². The Hall–Kier alpha value is -1.53. The number of pyridine rings is 1. The van der Waals surface area contributed by atoms with E-state index in [2.05, 4.69) is 33.3 Å². The number of anilines is 1. The van der Waals surface area contributed by atoms with Crippen LogP contribution in [0.2, 0.25) is 0 Å². The summed E-state index contributed by atoms with van der Waals surface area (Å²) >= 11 is 0. The predicted octanol–water partition coefficient (Wildman–Crippen LogP) is 1.66. The quantitative estimate of drug-likeness (QED) is 0.799. The van der Waals surface area contributed by atoms with E-state index in [0.29, 0.717) is 6.04 Å². The molecule has 2 rings (SSSR count). The molecule has 90 valence electrons. The van der Waals surface area contributed by atoms with Crippen LogP contribution in [0.5, 0.6) is 0 Å². The summed E-state index contributed by atoms with van der Waals surface area (Å²) in [6, 6.07) is 4.86. The normalized spacial score (nSPS) is 18.7. The van der Waals surface area contributed by atoms with E-state index in [4.69, 9.17) is 6.42 Å². The van der Waals surface area contributed by atoms with Gasteiger partial charge in [0.25, 0.3) is 0 Å². The molecule has 17 heavy (non-hydrogen) atoms. The first-order chi connectivity index (χ1) is 8.29. The third kappa shape index (κ3) is 3.21. The number of nitrogens with one attached hydrogen (secondary N) is 1. The van der Waals surface area contributed by atoms with Gasteiger partial charge in [-0.3, -0.25) is 4.98 Å². The number of nitrogens with zero attached hydrogens (tertiary/aromatic N) is 2. The summed E-state index contributed by atoms with van der Waals surface area (Å²) in [4.78, 5) is 6.45. The van der Waals surface area contributed by atoms with Crippen LogP contribution in [0, 0.1) is 12.3 Å². The highest BCUT2D eigenvalue weighted by Crippen LogP contribution is 2.18. The molecular formula is C14H19N3. The average molecular weight is 229 g/mol. The molecule has 3 heteroatoms. The van der Waals surface area contributed by atoms with Gasteiger partial charge in [-0.05, 0) is 31.9 Å². The van der Waals surface area contributed by atoms with Gasteiger partial charge in [0.05, 0.1) is 6.04 Å². The van der Waals surface area contributed by atoms with Crippen molar-refractivity contribution in [1.29, 1.82) is 0 Å².